The molecule has 3 nitrogen and oxygen atoms in total. The lowest BCUT2D eigenvalue weighted by Gasteiger charge is -2.34. The van der Waals surface area contributed by atoms with E-state index in [1.54, 1.807) is 0 Å². The lowest BCUT2D eigenvalue weighted by Crippen LogP contribution is -2.43. The Hall–Kier alpha value is -0.570. The molecule has 1 N–H and O–H groups in total. The van der Waals surface area contributed by atoms with Gasteiger partial charge >= 0.3 is 0 Å². The van der Waals surface area contributed by atoms with Crippen molar-refractivity contribution in [2.24, 2.45) is 11.8 Å². The normalized spacial score (nSPS) is 18.6. The van der Waals surface area contributed by atoms with Crippen molar-refractivity contribution in [1.29, 1.82) is 0 Å². The molecule has 1 aliphatic heterocycles. The van der Waals surface area contributed by atoms with E-state index in [0.29, 0.717) is 5.91 Å². The Morgan fingerprint density at radius 2 is 1.95 bits per heavy atom. The molecule has 1 saturated heterocycles. The van der Waals surface area contributed by atoms with Crippen LogP contribution < -0.4 is 5.32 Å². The highest BCUT2D eigenvalue weighted by Crippen LogP contribution is 2.21. The molecule has 0 spiro atoms. The predicted octanol–water partition coefficient (Wildman–Crippen LogP) is 3.05. The number of nitrogens with zero attached hydrogens (tertiary/aromatic N) is 1. The standard InChI is InChI=1S/C16H32N2O/c1-4-7-8-15(5-2)16(19)18-11-9-14(10-12-18)13-17-6-3/h14-15,17H,4-13H2,1-3H3. The molecule has 0 bridgehead atoms. The van der Waals surface area contributed by atoms with Crippen molar-refractivity contribution in [3.05, 3.63) is 0 Å². The second kappa shape index (κ2) is 9.35. The first-order valence-electron chi connectivity index (χ1n) is 8.22. The summed E-state index contributed by atoms with van der Waals surface area (Å²) < 4.78 is 0. The fourth-order valence-corrected chi connectivity index (χ4v) is 2.92. The van der Waals surface area contributed by atoms with Crippen molar-refractivity contribution in [3.63, 3.8) is 0 Å². The van der Waals surface area contributed by atoms with Crippen LogP contribution in [0.5, 0.6) is 0 Å². The molecular weight excluding hydrogens is 236 g/mol. The largest absolute Gasteiger partial charge is 0.342 e. The van der Waals surface area contributed by atoms with E-state index >= 15 is 0 Å². The number of carbonyl (C=O) groups is 1. The summed E-state index contributed by atoms with van der Waals surface area (Å²) in [4.78, 5) is 14.6. The Bertz CT molecular complexity index is 247. The first kappa shape index (κ1) is 16.5. The molecule has 1 aliphatic rings. The molecule has 1 amide bonds. The minimum Gasteiger partial charge on any atom is -0.342 e. The van der Waals surface area contributed by atoms with Crippen LogP contribution in [0.4, 0.5) is 0 Å². The van der Waals surface area contributed by atoms with E-state index in [1.165, 1.54) is 25.7 Å². The highest BCUT2D eigenvalue weighted by Gasteiger charge is 2.26. The van der Waals surface area contributed by atoms with E-state index < -0.39 is 0 Å². The fourth-order valence-electron chi connectivity index (χ4n) is 2.92. The van der Waals surface area contributed by atoms with E-state index in [2.05, 4.69) is 31.0 Å². The molecule has 1 rings (SSSR count). The fraction of sp³-hybridized carbons (Fsp3) is 0.938. The summed E-state index contributed by atoms with van der Waals surface area (Å²) in [5, 5.41) is 3.42. The summed E-state index contributed by atoms with van der Waals surface area (Å²) in [5.41, 5.74) is 0. The maximum atomic E-state index is 12.5. The van der Waals surface area contributed by atoms with Gasteiger partial charge in [0.25, 0.3) is 0 Å². The number of unbranched alkanes of at least 4 members (excludes halogenated alkanes) is 1. The Morgan fingerprint density at radius 1 is 1.26 bits per heavy atom. The van der Waals surface area contributed by atoms with Crippen LogP contribution in [0.15, 0.2) is 0 Å². The number of rotatable bonds is 8. The van der Waals surface area contributed by atoms with Gasteiger partial charge < -0.3 is 10.2 Å². The van der Waals surface area contributed by atoms with Gasteiger partial charge in [0.2, 0.25) is 5.91 Å². The number of hydrogen-bond acceptors (Lipinski definition) is 2. The minimum atomic E-state index is 0.269. The van der Waals surface area contributed by atoms with Gasteiger partial charge in [-0.2, -0.15) is 0 Å². The third-order valence-corrected chi connectivity index (χ3v) is 4.36. The van der Waals surface area contributed by atoms with Crippen molar-refractivity contribution in [2.75, 3.05) is 26.2 Å². The van der Waals surface area contributed by atoms with E-state index in [4.69, 9.17) is 0 Å². The summed E-state index contributed by atoms with van der Waals surface area (Å²) in [5.74, 6) is 1.45. The molecule has 1 unspecified atom stereocenters. The minimum absolute atomic E-state index is 0.269. The molecule has 19 heavy (non-hydrogen) atoms. The monoisotopic (exact) mass is 268 g/mol. The van der Waals surface area contributed by atoms with Crippen molar-refractivity contribution >= 4 is 5.91 Å². The Morgan fingerprint density at radius 3 is 2.47 bits per heavy atom. The van der Waals surface area contributed by atoms with Gasteiger partial charge in [0.05, 0.1) is 0 Å². The average molecular weight is 268 g/mol. The number of amides is 1. The second-order valence-corrected chi connectivity index (χ2v) is 5.82. The first-order valence-corrected chi connectivity index (χ1v) is 8.22. The number of likely N-dealkylation sites (tertiary alicyclic amines) is 1. The molecule has 0 aromatic carbocycles. The molecular formula is C16H32N2O. The highest BCUT2D eigenvalue weighted by atomic mass is 16.2. The van der Waals surface area contributed by atoms with Gasteiger partial charge in [0.1, 0.15) is 0 Å². The van der Waals surface area contributed by atoms with Gasteiger partial charge in [-0.3, -0.25) is 4.79 Å². The van der Waals surface area contributed by atoms with Crippen molar-refractivity contribution < 1.29 is 4.79 Å². The molecule has 0 aliphatic carbocycles. The quantitative estimate of drug-likeness (QED) is 0.734. The van der Waals surface area contributed by atoms with E-state index in [1.807, 2.05) is 0 Å². The molecule has 3 heteroatoms. The zero-order valence-corrected chi connectivity index (χ0v) is 13.1. The lowest BCUT2D eigenvalue weighted by molar-refractivity contribution is -0.137. The van der Waals surface area contributed by atoms with Gasteiger partial charge in [0.15, 0.2) is 0 Å². The molecule has 0 aromatic heterocycles. The van der Waals surface area contributed by atoms with Crippen LogP contribution in [-0.4, -0.2) is 37.0 Å². The molecule has 1 fully saturated rings. The Balaban J connectivity index is 2.34. The third-order valence-electron chi connectivity index (χ3n) is 4.36. The van der Waals surface area contributed by atoms with Crippen LogP contribution in [0.1, 0.15) is 59.3 Å². The summed E-state index contributed by atoms with van der Waals surface area (Å²) in [6.45, 7) is 10.6. The van der Waals surface area contributed by atoms with Crippen LogP contribution >= 0.6 is 0 Å². The zero-order valence-electron chi connectivity index (χ0n) is 13.1. The summed E-state index contributed by atoms with van der Waals surface area (Å²) in [6, 6.07) is 0. The molecule has 0 aromatic rings. The molecule has 1 heterocycles. The van der Waals surface area contributed by atoms with Crippen LogP contribution in [0.3, 0.4) is 0 Å². The molecule has 0 radical (unpaired) electrons. The topological polar surface area (TPSA) is 32.3 Å². The van der Waals surface area contributed by atoms with Crippen molar-refractivity contribution in [3.8, 4) is 0 Å². The molecule has 0 saturated carbocycles. The summed E-state index contributed by atoms with van der Waals surface area (Å²) >= 11 is 0. The number of carbonyl (C=O) groups excluding carboxylic acids is 1. The summed E-state index contributed by atoms with van der Waals surface area (Å²) in [6.07, 6.45) is 6.78. The third kappa shape index (κ3) is 5.52. The number of hydrogen-bond donors (Lipinski definition) is 1. The smallest absolute Gasteiger partial charge is 0.225 e. The van der Waals surface area contributed by atoms with E-state index in [-0.39, 0.29) is 5.92 Å². The van der Waals surface area contributed by atoms with Gasteiger partial charge in [-0.1, -0.05) is 33.6 Å². The first-order chi connectivity index (χ1) is 9.22. The molecule has 1 atom stereocenters. The maximum Gasteiger partial charge on any atom is 0.225 e. The summed E-state index contributed by atoms with van der Waals surface area (Å²) in [7, 11) is 0. The number of piperidine rings is 1. The van der Waals surface area contributed by atoms with Gasteiger partial charge in [-0.05, 0) is 44.7 Å². The lowest BCUT2D eigenvalue weighted by atomic mass is 9.93. The van der Waals surface area contributed by atoms with E-state index in [9.17, 15) is 4.79 Å². The maximum absolute atomic E-state index is 12.5. The van der Waals surface area contributed by atoms with Crippen LogP contribution in [0.2, 0.25) is 0 Å². The van der Waals surface area contributed by atoms with Crippen LogP contribution in [0.25, 0.3) is 0 Å². The number of nitrogens with one attached hydrogen (secondary N) is 1. The van der Waals surface area contributed by atoms with Crippen LogP contribution in [0, 0.1) is 11.8 Å². The van der Waals surface area contributed by atoms with Crippen molar-refractivity contribution in [1.82, 2.24) is 10.2 Å². The van der Waals surface area contributed by atoms with Crippen molar-refractivity contribution in [2.45, 2.75) is 59.3 Å². The Kier molecular flexibility index (Phi) is 8.11. The molecule has 112 valence electrons. The van der Waals surface area contributed by atoms with Gasteiger partial charge in [0, 0.05) is 19.0 Å². The van der Waals surface area contributed by atoms with Gasteiger partial charge in [-0.25, -0.2) is 0 Å². The predicted molar refractivity (Wildman–Crippen MR) is 81.2 cm³/mol. The highest BCUT2D eigenvalue weighted by molar-refractivity contribution is 5.78. The second-order valence-electron chi connectivity index (χ2n) is 5.82. The van der Waals surface area contributed by atoms with E-state index in [0.717, 1.165) is 44.9 Å². The van der Waals surface area contributed by atoms with Gasteiger partial charge in [-0.15, -0.1) is 0 Å². The zero-order chi connectivity index (χ0) is 14.1. The average Bonchev–Trinajstić information content (AvgIpc) is 2.46. The van der Waals surface area contributed by atoms with Crippen LogP contribution in [-0.2, 0) is 4.79 Å². The Labute approximate surface area is 119 Å². The SMILES string of the molecule is CCCCC(CC)C(=O)N1CCC(CNCC)CC1.